The second kappa shape index (κ2) is 8.58. The number of hydrogen-bond acceptors (Lipinski definition) is 4. The average molecular weight is 407 g/mol. The van der Waals surface area contributed by atoms with Crippen molar-refractivity contribution in [3.05, 3.63) is 54.1 Å². The van der Waals surface area contributed by atoms with E-state index in [4.69, 9.17) is 0 Å². The Kier molecular flexibility index (Phi) is 5.88. The lowest BCUT2D eigenvalue weighted by atomic mass is 9.88. The van der Waals surface area contributed by atoms with Crippen molar-refractivity contribution in [3.63, 3.8) is 0 Å². The molecule has 0 bridgehead atoms. The highest BCUT2D eigenvalue weighted by atomic mass is 16.2. The van der Waals surface area contributed by atoms with Gasteiger partial charge in [0.2, 0.25) is 5.91 Å². The predicted molar refractivity (Wildman–Crippen MR) is 120 cm³/mol. The molecule has 1 fully saturated rings. The van der Waals surface area contributed by atoms with Crippen LogP contribution < -0.4 is 10.2 Å². The van der Waals surface area contributed by atoms with Crippen LogP contribution in [-0.4, -0.2) is 61.4 Å². The topological polar surface area (TPSA) is 55.9 Å². The van der Waals surface area contributed by atoms with Gasteiger partial charge in [-0.25, -0.2) is 0 Å². The van der Waals surface area contributed by atoms with E-state index in [1.165, 1.54) is 12.8 Å². The Labute approximate surface area is 178 Å². The third-order valence-electron chi connectivity index (χ3n) is 6.34. The van der Waals surface area contributed by atoms with Crippen LogP contribution in [0.1, 0.15) is 36.0 Å². The quantitative estimate of drug-likeness (QED) is 0.841. The van der Waals surface area contributed by atoms with Crippen LogP contribution in [-0.2, 0) is 4.79 Å². The number of benzene rings is 2. The van der Waals surface area contributed by atoms with E-state index >= 15 is 0 Å². The van der Waals surface area contributed by atoms with Gasteiger partial charge in [0.15, 0.2) is 0 Å². The van der Waals surface area contributed by atoms with Crippen molar-refractivity contribution in [1.82, 2.24) is 9.80 Å². The van der Waals surface area contributed by atoms with E-state index in [-0.39, 0.29) is 11.8 Å². The minimum Gasteiger partial charge on any atom is -0.320 e. The zero-order chi connectivity index (χ0) is 21.3. The first kappa shape index (κ1) is 20.6. The summed E-state index contributed by atoms with van der Waals surface area (Å²) in [5.41, 5.74) is 2.50. The second-order valence-corrected chi connectivity index (χ2v) is 8.52. The molecule has 2 amide bonds. The number of rotatable bonds is 4. The largest absolute Gasteiger partial charge is 0.320 e. The van der Waals surface area contributed by atoms with Gasteiger partial charge in [-0.1, -0.05) is 37.1 Å². The van der Waals surface area contributed by atoms with Crippen LogP contribution in [0, 0.1) is 0 Å². The van der Waals surface area contributed by atoms with E-state index in [0.717, 1.165) is 12.8 Å². The lowest BCUT2D eigenvalue weighted by Crippen LogP contribution is -2.52. The number of nitrogens with zero attached hydrogens (tertiary/aromatic N) is 3. The first-order chi connectivity index (χ1) is 14.5. The molecule has 6 heteroatoms. The van der Waals surface area contributed by atoms with E-state index in [1.807, 2.05) is 49.5 Å². The Hall–Kier alpha value is -2.70. The van der Waals surface area contributed by atoms with Gasteiger partial charge < -0.3 is 10.2 Å². The number of nitrogens with one attached hydrogen (secondary N) is 1. The number of anilines is 3. The standard InChI is InChI=1S/C24H30N4O2/c1-26(2)21-14-8-9-15-22(21)27(3)16-23(29)28-19-12-6-4-10-17(19)24(30)25-18-11-5-7-13-20(18)28/h4-7,10-13,21-22H,8-9,14-16H2,1-3H3,(H,25,30)/t21-,22-/m1/s1. The van der Waals surface area contributed by atoms with Crippen LogP contribution in [0.2, 0.25) is 0 Å². The fraction of sp³-hybridized carbons (Fsp3) is 0.417. The van der Waals surface area contributed by atoms with Crippen LogP contribution in [0.3, 0.4) is 0 Å². The highest BCUT2D eigenvalue weighted by Gasteiger charge is 2.33. The minimum atomic E-state index is -0.193. The van der Waals surface area contributed by atoms with Gasteiger partial charge in [0.1, 0.15) is 0 Å². The lowest BCUT2D eigenvalue weighted by molar-refractivity contribution is -0.119. The summed E-state index contributed by atoms with van der Waals surface area (Å²) in [6.45, 7) is 0.297. The Morgan fingerprint density at radius 2 is 1.60 bits per heavy atom. The molecule has 4 rings (SSSR count). The molecular formula is C24H30N4O2. The summed E-state index contributed by atoms with van der Waals surface area (Å²) in [5, 5.41) is 2.95. The van der Waals surface area contributed by atoms with E-state index in [2.05, 4.69) is 29.2 Å². The SMILES string of the molecule is CN(C)[C@@H]1CCCC[C@H]1N(C)CC(=O)N1c2ccccc2NC(=O)c2ccccc21. The van der Waals surface area contributed by atoms with Crippen LogP contribution >= 0.6 is 0 Å². The fourth-order valence-corrected chi connectivity index (χ4v) is 4.83. The molecule has 6 nitrogen and oxygen atoms in total. The van der Waals surface area contributed by atoms with Crippen molar-refractivity contribution >= 4 is 28.9 Å². The Morgan fingerprint density at radius 3 is 2.33 bits per heavy atom. The maximum absolute atomic E-state index is 13.6. The van der Waals surface area contributed by atoms with E-state index < -0.39 is 0 Å². The lowest BCUT2D eigenvalue weighted by Gasteiger charge is -2.41. The maximum atomic E-state index is 13.6. The van der Waals surface area contributed by atoms with Gasteiger partial charge in [0.25, 0.3) is 5.91 Å². The molecule has 0 aromatic heterocycles. The Balaban J connectivity index is 1.66. The van der Waals surface area contributed by atoms with Crippen molar-refractivity contribution in [2.75, 3.05) is 37.9 Å². The van der Waals surface area contributed by atoms with Gasteiger partial charge >= 0.3 is 0 Å². The molecule has 0 radical (unpaired) electrons. The number of hydrogen-bond donors (Lipinski definition) is 1. The Morgan fingerprint density at radius 1 is 0.967 bits per heavy atom. The van der Waals surface area contributed by atoms with Crippen molar-refractivity contribution in [2.45, 2.75) is 37.8 Å². The molecule has 30 heavy (non-hydrogen) atoms. The van der Waals surface area contributed by atoms with Crippen LogP contribution in [0.25, 0.3) is 0 Å². The molecule has 1 saturated carbocycles. The predicted octanol–water partition coefficient (Wildman–Crippen LogP) is 3.72. The number of likely N-dealkylation sites (N-methyl/N-ethyl adjacent to an activating group) is 2. The van der Waals surface area contributed by atoms with Gasteiger partial charge in [-0.15, -0.1) is 0 Å². The third kappa shape index (κ3) is 3.85. The minimum absolute atomic E-state index is 0.0306. The summed E-state index contributed by atoms with van der Waals surface area (Å²) in [6.07, 6.45) is 4.69. The fourth-order valence-electron chi connectivity index (χ4n) is 4.83. The highest BCUT2D eigenvalue weighted by Crippen LogP contribution is 2.38. The third-order valence-corrected chi connectivity index (χ3v) is 6.34. The molecule has 2 atom stereocenters. The highest BCUT2D eigenvalue weighted by molar-refractivity contribution is 6.17. The van der Waals surface area contributed by atoms with Gasteiger partial charge in [-0.05, 0) is 58.3 Å². The van der Waals surface area contributed by atoms with Crippen molar-refractivity contribution in [3.8, 4) is 0 Å². The van der Waals surface area contributed by atoms with E-state index in [1.54, 1.807) is 11.0 Å². The van der Waals surface area contributed by atoms with E-state index in [0.29, 0.717) is 41.3 Å². The number of fused-ring (bicyclic) bond motifs is 2. The maximum Gasteiger partial charge on any atom is 0.257 e. The molecular weight excluding hydrogens is 376 g/mol. The summed E-state index contributed by atoms with van der Waals surface area (Å²) in [6, 6.07) is 15.6. The summed E-state index contributed by atoms with van der Waals surface area (Å²) < 4.78 is 0. The normalized spacial score (nSPS) is 21.1. The molecule has 0 saturated heterocycles. The van der Waals surface area contributed by atoms with Crippen LogP contribution in [0.15, 0.2) is 48.5 Å². The molecule has 0 spiro atoms. The van der Waals surface area contributed by atoms with Crippen LogP contribution in [0.5, 0.6) is 0 Å². The number of carbonyl (C=O) groups is 2. The first-order valence-electron chi connectivity index (χ1n) is 10.7. The van der Waals surface area contributed by atoms with Gasteiger partial charge in [-0.3, -0.25) is 19.4 Å². The zero-order valence-corrected chi connectivity index (χ0v) is 18.0. The average Bonchev–Trinajstić information content (AvgIpc) is 2.87. The summed E-state index contributed by atoms with van der Waals surface area (Å²) in [4.78, 5) is 32.6. The van der Waals surface area contributed by atoms with Crippen LogP contribution in [0.4, 0.5) is 17.1 Å². The van der Waals surface area contributed by atoms with Gasteiger partial charge in [0.05, 0.1) is 29.2 Å². The molecule has 1 N–H and O–H groups in total. The van der Waals surface area contributed by atoms with E-state index in [9.17, 15) is 9.59 Å². The second-order valence-electron chi connectivity index (χ2n) is 8.52. The molecule has 1 heterocycles. The summed E-state index contributed by atoms with van der Waals surface area (Å²) >= 11 is 0. The van der Waals surface area contributed by atoms with Gasteiger partial charge in [-0.2, -0.15) is 0 Å². The van der Waals surface area contributed by atoms with Crippen molar-refractivity contribution in [1.29, 1.82) is 0 Å². The molecule has 1 aliphatic heterocycles. The van der Waals surface area contributed by atoms with Crippen molar-refractivity contribution in [2.24, 2.45) is 0 Å². The first-order valence-corrected chi connectivity index (χ1v) is 10.7. The summed E-state index contributed by atoms with van der Waals surface area (Å²) in [5.74, 6) is -0.223. The number of carbonyl (C=O) groups excluding carboxylic acids is 2. The molecule has 158 valence electrons. The molecule has 2 aromatic rings. The van der Waals surface area contributed by atoms with Gasteiger partial charge in [0, 0.05) is 12.1 Å². The molecule has 0 unspecified atom stereocenters. The zero-order valence-electron chi connectivity index (χ0n) is 18.0. The van der Waals surface area contributed by atoms with Crippen molar-refractivity contribution < 1.29 is 9.59 Å². The molecule has 1 aliphatic carbocycles. The number of para-hydroxylation sites is 3. The smallest absolute Gasteiger partial charge is 0.257 e. The molecule has 2 aromatic carbocycles. The molecule has 2 aliphatic rings. The Bertz CT molecular complexity index is 942. The summed E-state index contributed by atoms with van der Waals surface area (Å²) in [7, 11) is 6.29. The monoisotopic (exact) mass is 406 g/mol. The number of amides is 2.